The number of rotatable bonds is 5. The lowest BCUT2D eigenvalue weighted by molar-refractivity contribution is 0.0268. The number of nitrogens with two attached hydrogens (primary N) is 1. The summed E-state index contributed by atoms with van der Waals surface area (Å²) in [7, 11) is 0. The van der Waals surface area contributed by atoms with E-state index in [4.69, 9.17) is 15.6 Å². The van der Waals surface area contributed by atoms with Gasteiger partial charge in [0.15, 0.2) is 6.23 Å². The van der Waals surface area contributed by atoms with Crippen LogP contribution in [-0.2, 0) is 0 Å². The summed E-state index contributed by atoms with van der Waals surface area (Å²) in [5.41, 5.74) is 5.70. The van der Waals surface area contributed by atoms with Gasteiger partial charge in [-0.05, 0) is 36.6 Å². The van der Waals surface area contributed by atoms with Crippen LogP contribution in [0.4, 0.5) is 0 Å². The fourth-order valence-electron chi connectivity index (χ4n) is 1.38. The van der Waals surface area contributed by atoms with E-state index in [-0.39, 0.29) is 5.75 Å². The highest BCUT2D eigenvalue weighted by Crippen LogP contribution is 2.18. The van der Waals surface area contributed by atoms with E-state index < -0.39 is 12.3 Å². The summed E-state index contributed by atoms with van der Waals surface area (Å²) < 4.78 is 5.35. The molecule has 0 spiro atoms. The molecule has 2 atom stereocenters. The second kappa shape index (κ2) is 5.72. The minimum atomic E-state index is -0.744. The quantitative estimate of drug-likeness (QED) is 0.663. The molecule has 16 heavy (non-hydrogen) atoms. The van der Waals surface area contributed by atoms with Crippen LogP contribution in [0.15, 0.2) is 24.3 Å². The van der Waals surface area contributed by atoms with Gasteiger partial charge in [0.05, 0.1) is 0 Å². The highest BCUT2D eigenvalue weighted by molar-refractivity contribution is 5.30. The summed E-state index contributed by atoms with van der Waals surface area (Å²) in [5.74, 6) is 1.07. The van der Waals surface area contributed by atoms with Gasteiger partial charge in [0.25, 0.3) is 0 Å². The van der Waals surface area contributed by atoms with Crippen LogP contribution in [0.2, 0.25) is 0 Å². The molecule has 1 unspecified atom stereocenters. The molecule has 0 amide bonds. The molecule has 1 aromatic rings. The number of aromatic hydroxyl groups is 1. The Labute approximate surface area is 95.7 Å². The Bertz CT molecular complexity index is 311. The molecule has 0 aliphatic rings. The second-order valence-electron chi connectivity index (χ2n) is 4.27. The van der Waals surface area contributed by atoms with Gasteiger partial charge < -0.3 is 14.9 Å². The Kier molecular flexibility index (Phi) is 4.58. The number of aliphatic hydroxyl groups excluding tert-OH is 1. The van der Waals surface area contributed by atoms with E-state index in [0.717, 1.165) is 0 Å². The minimum absolute atomic E-state index is 0.170. The molecule has 4 heteroatoms. The van der Waals surface area contributed by atoms with Gasteiger partial charge in [0.2, 0.25) is 0 Å². The highest BCUT2D eigenvalue weighted by Gasteiger charge is 2.17. The third-order valence-electron chi connectivity index (χ3n) is 2.20. The molecule has 0 heterocycles. The maximum Gasteiger partial charge on any atom is 0.173 e. The molecule has 4 N–H and O–H groups in total. The fourth-order valence-corrected chi connectivity index (χ4v) is 1.38. The summed E-state index contributed by atoms with van der Waals surface area (Å²) in [6.07, 6.45) is -0.833. The first-order valence-corrected chi connectivity index (χ1v) is 5.38. The van der Waals surface area contributed by atoms with Crippen LogP contribution in [0.1, 0.15) is 20.3 Å². The molecule has 90 valence electrons. The fraction of sp³-hybridized carbons (Fsp3) is 0.500. The lowest BCUT2D eigenvalue weighted by atomic mass is 10.1. The van der Waals surface area contributed by atoms with Gasteiger partial charge in [-0.25, -0.2) is 0 Å². The average Bonchev–Trinajstić information content (AvgIpc) is 2.20. The Morgan fingerprint density at radius 1 is 1.25 bits per heavy atom. The van der Waals surface area contributed by atoms with Crippen molar-refractivity contribution in [3.05, 3.63) is 24.3 Å². The highest BCUT2D eigenvalue weighted by atomic mass is 16.5. The summed E-state index contributed by atoms with van der Waals surface area (Å²) >= 11 is 0. The molecule has 0 saturated carbocycles. The summed E-state index contributed by atoms with van der Waals surface area (Å²) in [6.45, 7) is 4.02. The molecule has 4 nitrogen and oxygen atoms in total. The van der Waals surface area contributed by atoms with Crippen molar-refractivity contribution in [2.75, 3.05) is 0 Å². The van der Waals surface area contributed by atoms with E-state index in [0.29, 0.717) is 18.1 Å². The third kappa shape index (κ3) is 4.08. The van der Waals surface area contributed by atoms with E-state index in [1.807, 2.05) is 13.8 Å². The largest absolute Gasteiger partial charge is 0.508 e. The average molecular weight is 225 g/mol. The lowest BCUT2D eigenvalue weighted by Gasteiger charge is -2.21. The maximum absolute atomic E-state index is 9.70. The van der Waals surface area contributed by atoms with Gasteiger partial charge in [-0.2, -0.15) is 0 Å². The van der Waals surface area contributed by atoms with Crippen molar-refractivity contribution < 1.29 is 14.9 Å². The number of benzene rings is 1. The number of hydrogen-bond donors (Lipinski definition) is 3. The maximum atomic E-state index is 9.70. The standard InChI is InChI=1S/C12H19NO3/c1-8(2)7-11(15)12(13)16-10-5-3-9(14)4-6-10/h3-6,8,11-12,14-15H,7,13H2,1-2H3/t11-,12?/m0/s1. The molecule has 0 bridgehead atoms. The topological polar surface area (TPSA) is 75.7 Å². The van der Waals surface area contributed by atoms with E-state index in [2.05, 4.69) is 0 Å². The minimum Gasteiger partial charge on any atom is -0.508 e. The smallest absolute Gasteiger partial charge is 0.173 e. The molecular formula is C12H19NO3. The summed E-state index contributed by atoms with van der Waals surface area (Å²) in [6, 6.07) is 6.24. The normalized spacial score (nSPS) is 14.8. The van der Waals surface area contributed by atoms with Crippen LogP contribution < -0.4 is 10.5 Å². The lowest BCUT2D eigenvalue weighted by Crippen LogP contribution is -2.40. The SMILES string of the molecule is CC(C)C[C@H](O)C(N)Oc1ccc(O)cc1. The van der Waals surface area contributed by atoms with E-state index in [1.54, 1.807) is 12.1 Å². The number of ether oxygens (including phenoxy) is 1. The van der Waals surface area contributed by atoms with E-state index in [9.17, 15) is 5.11 Å². The Morgan fingerprint density at radius 3 is 2.31 bits per heavy atom. The van der Waals surface area contributed by atoms with Gasteiger partial charge >= 0.3 is 0 Å². The predicted molar refractivity (Wildman–Crippen MR) is 62.2 cm³/mol. The van der Waals surface area contributed by atoms with E-state index in [1.165, 1.54) is 12.1 Å². The molecule has 1 rings (SSSR count). The first-order valence-electron chi connectivity index (χ1n) is 5.38. The van der Waals surface area contributed by atoms with Gasteiger partial charge in [-0.15, -0.1) is 0 Å². The molecule has 0 aliphatic heterocycles. The van der Waals surface area contributed by atoms with Crippen LogP contribution in [0.5, 0.6) is 11.5 Å². The van der Waals surface area contributed by atoms with Crippen molar-refractivity contribution in [1.29, 1.82) is 0 Å². The molecule has 1 aromatic carbocycles. The van der Waals surface area contributed by atoms with Crippen molar-refractivity contribution in [2.45, 2.75) is 32.6 Å². The monoisotopic (exact) mass is 225 g/mol. The zero-order valence-electron chi connectivity index (χ0n) is 9.63. The van der Waals surface area contributed by atoms with Gasteiger partial charge in [0.1, 0.15) is 17.6 Å². The van der Waals surface area contributed by atoms with Crippen LogP contribution >= 0.6 is 0 Å². The molecule has 0 aliphatic carbocycles. The van der Waals surface area contributed by atoms with Crippen molar-refractivity contribution in [3.8, 4) is 11.5 Å². The van der Waals surface area contributed by atoms with Crippen LogP contribution in [0.3, 0.4) is 0 Å². The van der Waals surface area contributed by atoms with Gasteiger partial charge in [-0.1, -0.05) is 13.8 Å². The second-order valence-corrected chi connectivity index (χ2v) is 4.27. The number of aliphatic hydroxyl groups is 1. The van der Waals surface area contributed by atoms with Gasteiger partial charge in [0, 0.05) is 0 Å². The van der Waals surface area contributed by atoms with Crippen LogP contribution in [-0.4, -0.2) is 22.5 Å². The summed E-state index contributed by atoms with van der Waals surface area (Å²) in [4.78, 5) is 0. The molecule has 0 fully saturated rings. The number of phenolic OH excluding ortho intramolecular Hbond substituents is 1. The molecule has 0 aromatic heterocycles. The molecular weight excluding hydrogens is 206 g/mol. The number of phenols is 1. The van der Waals surface area contributed by atoms with Crippen molar-refractivity contribution >= 4 is 0 Å². The summed E-state index contributed by atoms with van der Waals surface area (Å²) in [5, 5.41) is 18.8. The molecule has 0 radical (unpaired) electrons. The van der Waals surface area contributed by atoms with Gasteiger partial charge in [-0.3, -0.25) is 5.73 Å². The molecule has 0 saturated heterocycles. The van der Waals surface area contributed by atoms with Crippen molar-refractivity contribution in [3.63, 3.8) is 0 Å². The van der Waals surface area contributed by atoms with Crippen molar-refractivity contribution in [2.24, 2.45) is 11.7 Å². The zero-order chi connectivity index (χ0) is 12.1. The van der Waals surface area contributed by atoms with Crippen LogP contribution in [0.25, 0.3) is 0 Å². The predicted octanol–water partition coefficient (Wildman–Crippen LogP) is 1.46. The Hall–Kier alpha value is -1.26. The van der Waals surface area contributed by atoms with Crippen molar-refractivity contribution in [1.82, 2.24) is 0 Å². The van der Waals surface area contributed by atoms with E-state index >= 15 is 0 Å². The van der Waals surface area contributed by atoms with Crippen LogP contribution in [0, 0.1) is 5.92 Å². The number of hydrogen-bond acceptors (Lipinski definition) is 4. The third-order valence-corrected chi connectivity index (χ3v) is 2.20. The first kappa shape index (κ1) is 12.8. The first-order chi connectivity index (χ1) is 7.49. The zero-order valence-corrected chi connectivity index (χ0v) is 9.63. The Morgan fingerprint density at radius 2 is 1.81 bits per heavy atom. The Balaban J connectivity index is 2.50.